The van der Waals surface area contributed by atoms with Crippen LogP contribution < -0.4 is 20.1 Å². The highest BCUT2D eigenvalue weighted by atomic mass is 79.9. The van der Waals surface area contributed by atoms with Gasteiger partial charge in [0.15, 0.2) is 0 Å². The summed E-state index contributed by atoms with van der Waals surface area (Å²) in [5.41, 5.74) is 3.23. The third-order valence-electron chi connectivity index (χ3n) is 5.47. The van der Waals surface area contributed by atoms with Gasteiger partial charge in [-0.25, -0.2) is 4.98 Å². The molecule has 170 valence electrons. The van der Waals surface area contributed by atoms with Crippen LogP contribution in [0.1, 0.15) is 23.2 Å². The Morgan fingerprint density at radius 2 is 2.03 bits per heavy atom. The molecule has 1 aromatic heterocycles. The van der Waals surface area contributed by atoms with Gasteiger partial charge in [0.05, 0.1) is 12.9 Å². The Morgan fingerprint density at radius 1 is 1.16 bits per heavy atom. The molecule has 0 spiro atoms. The zero-order valence-electron chi connectivity index (χ0n) is 17.9. The maximum Gasteiger partial charge on any atom is 0.123 e. The number of nitrogens with one attached hydrogen (secondary N) is 3. The van der Waals surface area contributed by atoms with Gasteiger partial charge < -0.3 is 25.1 Å². The number of benzene rings is 2. The zero-order chi connectivity index (χ0) is 22.2. The van der Waals surface area contributed by atoms with E-state index in [4.69, 9.17) is 21.1 Å². The Bertz CT molecular complexity index is 994. The van der Waals surface area contributed by atoms with Crippen LogP contribution in [0.25, 0.3) is 0 Å². The van der Waals surface area contributed by atoms with E-state index in [-0.39, 0.29) is 0 Å². The van der Waals surface area contributed by atoms with Crippen LogP contribution in [0.2, 0.25) is 5.02 Å². The third kappa shape index (κ3) is 6.97. The number of nitrogens with zero attached hydrogens (tertiary/aromatic N) is 1. The maximum absolute atomic E-state index is 6.12. The summed E-state index contributed by atoms with van der Waals surface area (Å²) in [6, 6.07) is 11.8. The fourth-order valence-corrected chi connectivity index (χ4v) is 4.51. The molecule has 6 nitrogen and oxygen atoms in total. The van der Waals surface area contributed by atoms with Gasteiger partial charge in [0, 0.05) is 46.0 Å². The predicted molar refractivity (Wildman–Crippen MR) is 130 cm³/mol. The molecule has 1 atom stereocenters. The Hall–Kier alpha value is -2.06. The predicted octanol–water partition coefficient (Wildman–Crippen LogP) is 4.73. The molecule has 1 saturated heterocycles. The summed E-state index contributed by atoms with van der Waals surface area (Å²) in [5, 5.41) is 7.69. The van der Waals surface area contributed by atoms with Gasteiger partial charge in [-0.15, -0.1) is 0 Å². The molecule has 1 aliphatic rings. The molecule has 2 heterocycles. The number of hydrogen-bond donors (Lipinski definition) is 3. The van der Waals surface area contributed by atoms with Crippen LogP contribution in [0.4, 0.5) is 0 Å². The Balaban J connectivity index is 1.40. The van der Waals surface area contributed by atoms with Crippen molar-refractivity contribution in [2.24, 2.45) is 5.92 Å². The van der Waals surface area contributed by atoms with Crippen molar-refractivity contribution in [3.05, 3.63) is 75.2 Å². The lowest BCUT2D eigenvalue weighted by Crippen LogP contribution is -2.24. The standard InChI is InChI=1S/C24H28BrClN4O2/c25-24-9-20(26)2-1-19(24)15-32-23-8-18(13-28-12-17-3-5-27-11-17)7-22(10-23)31-6-4-21-14-29-16-30-21/h1-2,7-10,14,16-17,27-28H,3-6,11-13,15H2,(H,29,30). The lowest BCUT2D eigenvalue weighted by molar-refractivity contribution is 0.294. The van der Waals surface area contributed by atoms with Gasteiger partial charge in [0.1, 0.15) is 18.1 Å². The summed E-state index contributed by atoms with van der Waals surface area (Å²) in [5.74, 6) is 2.28. The summed E-state index contributed by atoms with van der Waals surface area (Å²) >= 11 is 9.61. The first-order valence-electron chi connectivity index (χ1n) is 10.9. The fraction of sp³-hybridized carbons (Fsp3) is 0.375. The Labute approximate surface area is 202 Å². The van der Waals surface area contributed by atoms with Gasteiger partial charge in [-0.1, -0.05) is 33.6 Å². The van der Waals surface area contributed by atoms with Gasteiger partial charge in [-0.05, 0) is 61.8 Å². The number of aromatic nitrogens is 2. The lowest BCUT2D eigenvalue weighted by Gasteiger charge is -2.14. The molecule has 1 aliphatic heterocycles. The summed E-state index contributed by atoms with van der Waals surface area (Å²) in [6.45, 7) is 4.99. The molecule has 1 fully saturated rings. The average molecular weight is 520 g/mol. The van der Waals surface area contributed by atoms with Gasteiger partial charge in [0.2, 0.25) is 0 Å². The van der Waals surface area contributed by atoms with Crippen LogP contribution in [-0.2, 0) is 19.6 Å². The molecule has 3 N–H and O–H groups in total. The van der Waals surface area contributed by atoms with E-state index >= 15 is 0 Å². The zero-order valence-corrected chi connectivity index (χ0v) is 20.2. The summed E-state index contributed by atoms with van der Waals surface area (Å²) in [4.78, 5) is 7.16. The maximum atomic E-state index is 6.12. The molecule has 0 radical (unpaired) electrons. The highest BCUT2D eigenvalue weighted by molar-refractivity contribution is 9.10. The second-order valence-corrected chi connectivity index (χ2v) is 9.29. The van der Waals surface area contributed by atoms with Gasteiger partial charge in [-0.3, -0.25) is 0 Å². The molecular formula is C24H28BrClN4O2. The van der Waals surface area contributed by atoms with Crippen molar-refractivity contribution in [1.82, 2.24) is 20.6 Å². The molecule has 4 rings (SSSR count). The van der Waals surface area contributed by atoms with E-state index < -0.39 is 0 Å². The van der Waals surface area contributed by atoms with Gasteiger partial charge >= 0.3 is 0 Å². The first kappa shape index (κ1) is 23.1. The van der Waals surface area contributed by atoms with E-state index in [1.165, 1.54) is 6.42 Å². The van der Waals surface area contributed by atoms with Gasteiger partial charge in [0.25, 0.3) is 0 Å². The topological polar surface area (TPSA) is 71.2 Å². The van der Waals surface area contributed by atoms with Gasteiger partial charge in [-0.2, -0.15) is 0 Å². The largest absolute Gasteiger partial charge is 0.493 e. The minimum atomic E-state index is 0.440. The first-order chi connectivity index (χ1) is 15.7. The van der Waals surface area contributed by atoms with E-state index in [0.717, 1.165) is 65.4 Å². The lowest BCUT2D eigenvalue weighted by atomic mass is 10.1. The number of ether oxygens (including phenoxy) is 2. The minimum Gasteiger partial charge on any atom is -0.493 e. The van der Waals surface area contributed by atoms with Crippen LogP contribution in [0, 0.1) is 5.92 Å². The molecule has 2 aromatic carbocycles. The number of halogens is 2. The SMILES string of the molecule is Clc1ccc(COc2cc(CNCC3CCNC3)cc(OCCc3cnc[nH]3)c2)c(Br)c1. The molecule has 0 aliphatic carbocycles. The smallest absolute Gasteiger partial charge is 0.123 e. The highest BCUT2D eigenvalue weighted by Crippen LogP contribution is 2.27. The van der Waals surface area contributed by atoms with Crippen LogP contribution >= 0.6 is 27.5 Å². The molecular weight excluding hydrogens is 492 g/mol. The van der Waals surface area contributed by atoms with Crippen molar-refractivity contribution < 1.29 is 9.47 Å². The Kier molecular flexibility index (Phi) is 8.45. The van der Waals surface area contributed by atoms with Crippen molar-refractivity contribution in [3.63, 3.8) is 0 Å². The molecule has 3 aromatic rings. The second-order valence-electron chi connectivity index (χ2n) is 8.00. The van der Waals surface area contributed by atoms with E-state index in [1.54, 1.807) is 6.33 Å². The van der Waals surface area contributed by atoms with E-state index in [2.05, 4.69) is 48.7 Å². The molecule has 0 amide bonds. The van der Waals surface area contributed by atoms with Crippen LogP contribution in [0.5, 0.6) is 11.5 Å². The fourth-order valence-electron chi connectivity index (χ4n) is 3.71. The monoisotopic (exact) mass is 518 g/mol. The summed E-state index contributed by atoms with van der Waals surface area (Å²) < 4.78 is 13.1. The number of imidazole rings is 1. The van der Waals surface area contributed by atoms with E-state index in [0.29, 0.717) is 24.2 Å². The second kappa shape index (κ2) is 11.7. The van der Waals surface area contributed by atoms with Crippen LogP contribution in [0.3, 0.4) is 0 Å². The van der Waals surface area contributed by atoms with Crippen LogP contribution in [0.15, 0.2) is 53.4 Å². The molecule has 0 bridgehead atoms. The summed E-state index contributed by atoms with van der Waals surface area (Å²) in [6.07, 6.45) is 5.50. The quantitative estimate of drug-likeness (QED) is 0.342. The Morgan fingerprint density at radius 3 is 2.78 bits per heavy atom. The molecule has 8 heteroatoms. The molecule has 0 saturated carbocycles. The number of rotatable bonds is 11. The van der Waals surface area contributed by atoms with Crippen molar-refractivity contribution in [3.8, 4) is 11.5 Å². The van der Waals surface area contributed by atoms with Crippen LogP contribution in [-0.4, -0.2) is 36.2 Å². The number of H-pyrrole nitrogens is 1. The van der Waals surface area contributed by atoms with Crippen molar-refractivity contribution in [2.45, 2.75) is 26.0 Å². The van der Waals surface area contributed by atoms with Crippen molar-refractivity contribution >= 4 is 27.5 Å². The third-order valence-corrected chi connectivity index (χ3v) is 6.44. The molecule has 1 unspecified atom stereocenters. The normalized spacial score (nSPS) is 15.8. The summed E-state index contributed by atoms with van der Waals surface area (Å²) in [7, 11) is 0. The van der Waals surface area contributed by atoms with E-state index in [1.807, 2.05) is 30.5 Å². The van der Waals surface area contributed by atoms with Crippen molar-refractivity contribution in [2.75, 3.05) is 26.2 Å². The average Bonchev–Trinajstić information content (AvgIpc) is 3.48. The number of hydrogen-bond acceptors (Lipinski definition) is 5. The first-order valence-corrected chi connectivity index (χ1v) is 12.0. The molecule has 32 heavy (non-hydrogen) atoms. The van der Waals surface area contributed by atoms with E-state index in [9.17, 15) is 0 Å². The highest BCUT2D eigenvalue weighted by Gasteiger charge is 2.14. The minimum absolute atomic E-state index is 0.440. The number of aromatic amines is 1. The van der Waals surface area contributed by atoms with Crippen molar-refractivity contribution in [1.29, 1.82) is 0 Å².